The molecule has 0 aliphatic heterocycles. The first-order valence-corrected chi connectivity index (χ1v) is 12.5. The number of amides is 1. The Kier molecular flexibility index (Phi) is 7.28. The van der Waals surface area contributed by atoms with E-state index in [4.69, 9.17) is 0 Å². The van der Waals surface area contributed by atoms with Crippen LogP contribution < -0.4 is 9.62 Å². The molecule has 0 fully saturated rings. The van der Waals surface area contributed by atoms with Gasteiger partial charge in [-0.15, -0.1) is 0 Å². The van der Waals surface area contributed by atoms with Gasteiger partial charge in [0.05, 0.1) is 16.6 Å². The summed E-state index contributed by atoms with van der Waals surface area (Å²) in [5.41, 5.74) is 3.62. The fraction of sp³-hybridized carbons (Fsp3) is 0.296. The molecule has 0 aromatic heterocycles. The van der Waals surface area contributed by atoms with Gasteiger partial charge in [0.2, 0.25) is 5.91 Å². The number of hydrogen-bond acceptors (Lipinski definition) is 3. The van der Waals surface area contributed by atoms with Gasteiger partial charge in [0.15, 0.2) is 0 Å². The van der Waals surface area contributed by atoms with Crippen LogP contribution in [0.15, 0.2) is 83.8 Å². The second-order valence-corrected chi connectivity index (χ2v) is 11.2. The molecule has 33 heavy (non-hydrogen) atoms. The summed E-state index contributed by atoms with van der Waals surface area (Å²) in [5.74, 6) is -0.373. The van der Waals surface area contributed by atoms with Crippen molar-refractivity contribution in [2.24, 2.45) is 0 Å². The predicted octanol–water partition coefficient (Wildman–Crippen LogP) is 5.37. The molecule has 0 radical (unpaired) electrons. The van der Waals surface area contributed by atoms with Gasteiger partial charge < -0.3 is 5.32 Å². The van der Waals surface area contributed by atoms with Gasteiger partial charge in [0.1, 0.15) is 6.54 Å². The molecule has 0 aliphatic rings. The topological polar surface area (TPSA) is 66.5 Å². The lowest BCUT2D eigenvalue weighted by molar-refractivity contribution is -0.120. The van der Waals surface area contributed by atoms with E-state index in [1.165, 1.54) is 5.56 Å². The molecule has 5 nitrogen and oxygen atoms in total. The second-order valence-electron chi connectivity index (χ2n) is 9.32. The number of sulfonamides is 1. The van der Waals surface area contributed by atoms with Crippen LogP contribution in [0, 0.1) is 6.92 Å². The number of anilines is 1. The van der Waals surface area contributed by atoms with Crippen LogP contribution in [0.25, 0.3) is 0 Å². The van der Waals surface area contributed by atoms with Crippen molar-refractivity contribution in [2.45, 2.75) is 51.0 Å². The van der Waals surface area contributed by atoms with Crippen LogP contribution >= 0.6 is 0 Å². The Morgan fingerprint density at radius 1 is 0.909 bits per heavy atom. The zero-order valence-corrected chi connectivity index (χ0v) is 20.7. The number of benzene rings is 3. The lowest BCUT2D eigenvalue weighted by Crippen LogP contribution is -2.41. The first kappa shape index (κ1) is 24.5. The highest BCUT2D eigenvalue weighted by Crippen LogP contribution is 2.25. The number of nitrogens with zero attached hydrogens (tertiary/aromatic N) is 1. The standard InChI is InChI=1S/C27H32N2O3S/c1-20-11-17-25(18-12-20)33(31,32)29(24-9-7-6-8-10-24)19-26(30)28-21(2)22-13-15-23(16-14-22)27(3,4)5/h6-18,21H,19H2,1-5H3,(H,28,30). The van der Waals surface area contributed by atoms with E-state index >= 15 is 0 Å². The number of aryl methyl sites for hydroxylation is 1. The Morgan fingerprint density at radius 3 is 2.03 bits per heavy atom. The molecule has 3 rings (SSSR count). The molecule has 1 N–H and O–H groups in total. The molecule has 0 aliphatic carbocycles. The minimum absolute atomic E-state index is 0.0472. The average Bonchev–Trinajstić information content (AvgIpc) is 2.77. The van der Waals surface area contributed by atoms with Crippen molar-refractivity contribution in [2.75, 3.05) is 10.8 Å². The highest BCUT2D eigenvalue weighted by molar-refractivity contribution is 7.92. The van der Waals surface area contributed by atoms with Crippen LogP contribution in [-0.2, 0) is 20.2 Å². The van der Waals surface area contributed by atoms with Crippen molar-refractivity contribution >= 4 is 21.6 Å². The van der Waals surface area contributed by atoms with E-state index in [0.717, 1.165) is 15.4 Å². The highest BCUT2D eigenvalue weighted by atomic mass is 32.2. The zero-order chi connectivity index (χ0) is 24.2. The molecule has 3 aromatic rings. The first-order valence-electron chi connectivity index (χ1n) is 11.0. The van der Waals surface area contributed by atoms with Crippen molar-refractivity contribution in [3.63, 3.8) is 0 Å². The Hall–Kier alpha value is -3.12. The summed E-state index contributed by atoms with van der Waals surface area (Å²) in [6.07, 6.45) is 0. The summed E-state index contributed by atoms with van der Waals surface area (Å²) in [6, 6.07) is 23.2. The molecule has 6 heteroatoms. The van der Waals surface area contributed by atoms with E-state index in [9.17, 15) is 13.2 Å². The number of para-hydroxylation sites is 1. The van der Waals surface area contributed by atoms with Crippen molar-refractivity contribution < 1.29 is 13.2 Å². The maximum absolute atomic E-state index is 13.4. The molecule has 0 saturated carbocycles. The maximum Gasteiger partial charge on any atom is 0.264 e. The van der Waals surface area contributed by atoms with Crippen molar-refractivity contribution in [1.82, 2.24) is 5.32 Å². The molecule has 3 aromatic carbocycles. The van der Waals surface area contributed by atoms with Gasteiger partial charge in [-0.05, 0) is 54.7 Å². The summed E-state index contributed by atoms with van der Waals surface area (Å²) in [4.78, 5) is 13.1. The molecule has 0 heterocycles. The quantitative estimate of drug-likeness (QED) is 0.511. The van der Waals surface area contributed by atoms with E-state index < -0.39 is 10.0 Å². The van der Waals surface area contributed by atoms with Gasteiger partial charge in [-0.25, -0.2) is 8.42 Å². The molecule has 0 bridgehead atoms. The SMILES string of the molecule is Cc1ccc(S(=O)(=O)N(CC(=O)NC(C)c2ccc(C(C)(C)C)cc2)c2ccccc2)cc1. The molecule has 0 spiro atoms. The van der Waals surface area contributed by atoms with E-state index in [0.29, 0.717) is 5.69 Å². The molecular weight excluding hydrogens is 432 g/mol. The molecule has 0 saturated heterocycles. The normalized spacial score (nSPS) is 12.8. The Bertz CT molecular complexity index is 1180. The van der Waals surface area contributed by atoms with E-state index in [1.807, 2.05) is 32.0 Å². The van der Waals surface area contributed by atoms with Crippen LogP contribution in [0.2, 0.25) is 0 Å². The van der Waals surface area contributed by atoms with Gasteiger partial charge in [-0.2, -0.15) is 0 Å². The third-order valence-electron chi connectivity index (χ3n) is 5.59. The lowest BCUT2D eigenvalue weighted by atomic mass is 9.86. The highest BCUT2D eigenvalue weighted by Gasteiger charge is 2.27. The minimum atomic E-state index is -3.92. The Morgan fingerprint density at radius 2 is 1.48 bits per heavy atom. The predicted molar refractivity (Wildman–Crippen MR) is 134 cm³/mol. The summed E-state index contributed by atoms with van der Waals surface area (Å²) in [6.45, 7) is 9.93. The summed E-state index contributed by atoms with van der Waals surface area (Å²) >= 11 is 0. The molecule has 1 amide bonds. The second kappa shape index (κ2) is 9.79. The molecule has 1 atom stereocenters. The van der Waals surface area contributed by atoms with E-state index in [-0.39, 0.29) is 28.8 Å². The van der Waals surface area contributed by atoms with Crippen LogP contribution in [0.4, 0.5) is 5.69 Å². The fourth-order valence-corrected chi connectivity index (χ4v) is 4.94. The third kappa shape index (κ3) is 6.02. The molecule has 174 valence electrons. The summed E-state index contributed by atoms with van der Waals surface area (Å²) in [7, 11) is -3.92. The summed E-state index contributed by atoms with van der Waals surface area (Å²) in [5, 5.41) is 2.94. The van der Waals surface area contributed by atoms with Crippen LogP contribution in [0.3, 0.4) is 0 Å². The summed E-state index contributed by atoms with van der Waals surface area (Å²) < 4.78 is 28.0. The number of rotatable bonds is 7. The third-order valence-corrected chi connectivity index (χ3v) is 7.38. The van der Waals surface area contributed by atoms with Crippen molar-refractivity contribution in [1.29, 1.82) is 0 Å². The fourth-order valence-electron chi connectivity index (χ4n) is 3.52. The minimum Gasteiger partial charge on any atom is -0.348 e. The van der Waals surface area contributed by atoms with Crippen molar-refractivity contribution in [3.8, 4) is 0 Å². The number of carbonyl (C=O) groups is 1. The zero-order valence-electron chi connectivity index (χ0n) is 19.9. The number of nitrogens with one attached hydrogen (secondary N) is 1. The number of hydrogen-bond donors (Lipinski definition) is 1. The Balaban J connectivity index is 1.81. The maximum atomic E-state index is 13.4. The van der Waals surface area contributed by atoms with Gasteiger partial charge in [-0.1, -0.05) is 80.9 Å². The van der Waals surface area contributed by atoms with Gasteiger partial charge in [0.25, 0.3) is 10.0 Å². The van der Waals surface area contributed by atoms with Crippen molar-refractivity contribution in [3.05, 3.63) is 95.6 Å². The monoisotopic (exact) mass is 464 g/mol. The lowest BCUT2D eigenvalue weighted by Gasteiger charge is -2.25. The average molecular weight is 465 g/mol. The van der Waals surface area contributed by atoms with Gasteiger partial charge >= 0.3 is 0 Å². The van der Waals surface area contributed by atoms with E-state index in [2.05, 4.69) is 38.2 Å². The Labute approximate surface area is 197 Å². The van der Waals surface area contributed by atoms with Gasteiger partial charge in [0, 0.05) is 0 Å². The van der Waals surface area contributed by atoms with Crippen LogP contribution in [0.5, 0.6) is 0 Å². The molecule has 1 unspecified atom stereocenters. The number of carbonyl (C=O) groups excluding carboxylic acids is 1. The van der Waals surface area contributed by atoms with E-state index in [1.54, 1.807) is 48.5 Å². The van der Waals surface area contributed by atoms with Crippen LogP contribution in [0.1, 0.15) is 50.4 Å². The smallest absolute Gasteiger partial charge is 0.264 e. The first-order chi connectivity index (χ1) is 15.5. The largest absolute Gasteiger partial charge is 0.348 e. The molecular formula is C27H32N2O3S. The van der Waals surface area contributed by atoms with Crippen LogP contribution in [-0.4, -0.2) is 20.9 Å². The van der Waals surface area contributed by atoms with Gasteiger partial charge in [-0.3, -0.25) is 9.10 Å².